The number of anilines is 1. The van der Waals surface area contributed by atoms with Crippen LogP contribution >= 0.6 is 11.6 Å². The topological polar surface area (TPSA) is 163 Å². The summed E-state index contributed by atoms with van der Waals surface area (Å²) in [4.78, 5) is 93.8. The van der Waals surface area contributed by atoms with Crippen LogP contribution in [-0.2, 0) is 25.7 Å². The lowest BCUT2D eigenvalue weighted by atomic mass is 9.76. The molecule has 87 heavy (non-hydrogen) atoms. The average molecular weight is 1220 g/mol. The fourth-order valence-corrected chi connectivity index (χ4v) is 14.6. The molecule has 3 aromatic carbocycles. The lowest BCUT2D eigenvalue weighted by molar-refractivity contribution is -0.140. The highest BCUT2D eigenvalue weighted by molar-refractivity contribution is 6.30. The summed E-state index contributed by atoms with van der Waals surface area (Å²) in [5, 5.41) is 11.2. The molecule has 0 radical (unpaired) electrons. The zero-order valence-electron chi connectivity index (χ0n) is 51.5. The second kappa shape index (κ2) is 29.0. The van der Waals surface area contributed by atoms with Gasteiger partial charge in [0.2, 0.25) is 17.7 Å². The van der Waals surface area contributed by atoms with E-state index in [1.807, 2.05) is 53.4 Å². The van der Waals surface area contributed by atoms with Gasteiger partial charge in [-0.25, -0.2) is 23.5 Å². The molecule has 2 aliphatic carbocycles. The number of halogens is 3. The first-order chi connectivity index (χ1) is 41.8. The average Bonchev–Trinajstić information content (AvgIpc) is 2.76. The van der Waals surface area contributed by atoms with Gasteiger partial charge in [-0.2, -0.15) is 0 Å². The number of rotatable bonds is 19. The van der Waals surface area contributed by atoms with Gasteiger partial charge in [0.05, 0.1) is 24.3 Å². The minimum atomic E-state index is -0.864. The Morgan fingerprint density at radius 3 is 2.18 bits per heavy atom. The van der Waals surface area contributed by atoms with Gasteiger partial charge in [0.15, 0.2) is 5.78 Å². The van der Waals surface area contributed by atoms with Crippen molar-refractivity contribution >= 4 is 47.0 Å². The minimum Gasteiger partial charge on any atom is -0.444 e. The Bertz CT molecular complexity index is 3030. The molecule has 4 aliphatic heterocycles. The number of ether oxygens (including phenoxy) is 1. The fourth-order valence-electron chi connectivity index (χ4n) is 14.5. The number of benzene rings is 3. The number of amides is 4. The number of aliphatic hydroxyl groups is 1. The third kappa shape index (κ3) is 16.4. The highest BCUT2D eigenvalue weighted by Gasteiger charge is 2.38. The molecule has 1 saturated carbocycles. The lowest BCUT2D eigenvalue weighted by Crippen LogP contribution is -2.52. The van der Waals surface area contributed by atoms with Gasteiger partial charge in [0, 0.05) is 118 Å². The molecule has 10 rings (SSSR count). The highest BCUT2D eigenvalue weighted by Crippen LogP contribution is 2.43. The van der Waals surface area contributed by atoms with E-state index in [0.717, 1.165) is 136 Å². The van der Waals surface area contributed by atoms with Crippen molar-refractivity contribution in [2.24, 2.45) is 17.8 Å². The van der Waals surface area contributed by atoms with Gasteiger partial charge >= 0.3 is 6.09 Å². The Morgan fingerprint density at radius 1 is 0.759 bits per heavy atom. The fraction of sp³-hybridized carbons (Fsp3) is 0.603. The molecule has 5 fully saturated rings. The molecule has 1 N–H and O–H groups in total. The highest BCUT2D eigenvalue weighted by atomic mass is 35.5. The number of fused-ring (bicyclic) bond motifs is 1. The first-order valence-electron chi connectivity index (χ1n) is 32.2. The second-order valence-electron chi connectivity index (χ2n) is 26.6. The molecule has 0 spiro atoms. The summed E-state index contributed by atoms with van der Waals surface area (Å²) in [6.07, 6.45) is 11.4. The van der Waals surface area contributed by atoms with Crippen LogP contribution in [0.25, 0.3) is 0 Å². The Hall–Kier alpha value is -6.08. The van der Waals surface area contributed by atoms with Crippen LogP contribution in [0.1, 0.15) is 173 Å². The number of piperazine rings is 2. The molecule has 5 heterocycles. The van der Waals surface area contributed by atoms with Gasteiger partial charge < -0.3 is 34.3 Å². The number of ketones is 1. The number of hydrogen-bond acceptors (Lipinski definition) is 12. The van der Waals surface area contributed by atoms with E-state index in [-0.39, 0.29) is 78.2 Å². The van der Waals surface area contributed by atoms with Crippen LogP contribution in [0.4, 0.5) is 19.4 Å². The van der Waals surface area contributed by atoms with E-state index in [1.165, 1.54) is 12.5 Å². The summed E-state index contributed by atoms with van der Waals surface area (Å²) in [5.41, 5.74) is 3.51. The van der Waals surface area contributed by atoms with E-state index in [9.17, 15) is 37.9 Å². The Morgan fingerprint density at radius 2 is 1.47 bits per heavy atom. The Labute approximate surface area is 517 Å². The number of nitrogens with zero attached hydrogens (tertiary/aromatic N) is 9. The van der Waals surface area contributed by atoms with Crippen molar-refractivity contribution in [3.8, 4) is 0 Å². The summed E-state index contributed by atoms with van der Waals surface area (Å²) < 4.78 is 34.1. The van der Waals surface area contributed by atoms with Gasteiger partial charge in [-0.05, 0) is 151 Å². The van der Waals surface area contributed by atoms with Gasteiger partial charge in [0.25, 0.3) is 0 Å². The maximum Gasteiger partial charge on any atom is 0.411 e. The van der Waals surface area contributed by atoms with E-state index < -0.39 is 29.4 Å². The minimum absolute atomic E-state index is 0.00603. The summed E-state index contributed by atoms with van der Waals surface area (Å²) in [5.74, 6) is -0.186. The molecule has 19 heteroatoms. The quantitative estimate of drug-likeness (QED) is 0.0886. The summed E-state index contributed by atoms with van der Waals surface area (Å²) in [6, 6.07) is 18.6. The van der Waals surface area contributed by atoms with E-state index in [1.54, 1.807) is 32.0 Å². The summed E-state index contributed by atoms with van der Waals surface area (Å²) in [7, 11) is 0. The Kier molecular flexibility index (Phi) is 21.3. The first kappa shape index (κ1) is 63.9. The van der Waals surface area contributed by atoms with E-state index in [4.69, 9.17) is 16.3 Å². The van der Waals surface area contributed by atoms with E-state index in [2.05, 4.69) is 36.5 Å². The Balaban J connectivity index is 0.681. The van der Waals surface area contributed by atoms with Crippen LogP contribution in [0.15, 0.2) is 73.1 Å². The maximum absolute atomic E-state index is 14.8. The number of aliphatic hydroxyl groups excluding tert-OH is 1. The van der Waals surface area contributed by atoms with E-state index >= 15 is 0 Å². The summed E-state index contributed by atoms with van der Waals surface area (Å²) in [6.45, 7) is 16.9. The molecule has 1 unspecified atom stereocenters. The van der Waals surface area contributed by atoms with Crippen LogP contribution in [-0.4, -0.2) is 178 Å². The van der Waals surface area contributed by atoms with Crippen molar-refractivity contribution in [2.75, 3.05) is 103 Å². The molecule has 6 aliphatic rings. The SMILES string of the molecule is C[C@@H]1C[C@@H](O)c2ncnc(N3CCN(C(=O)[C@H](CCN4CCC(CN5CCN(C(=O)[C@H](CCC(=O)c6cccc(C7CCCN(C(=O)CN(Cc8ccc(F)cc8F)C(=O)OC(C)(C)C)C7)c6)C6CCCCC6)CC5)CC4)c4ccc(Cl)cc4)CC3)c21. The summed E-state index contributed by atoms with van der Waals surface area (Å²) >= 11 is 6.34. The third-order valence-electron chi connectivity index (χ3n) is 19.4. The number of hydrogen-bond donors (Lipinski definition) is 1. The largest absolute Gasteiger partial charge is 0.444 e. The van der Waals surface area contributed by atoms with Crippen LogP contribution in [0, 0.1) is 29.4 Å². The molecule has 4 saturated heterocycles. The lowest BCUT2D eigenvalue weighted by Gasteiger charge is -2.41. The standard InChI is InChI=1S/C68H90ClF2N9O7/c1-46-38-60(82)63-62(46)64(73-45-72-63)76-34-36-78(37-35-76)66(85)57(49-15-18-54(69)19-16-49)25-29-74-27-23-47(24-28-74)41-75-30-32-77(33-31-75)65(84)56(48-10-6-5-7-11-48)21-22-59(81)51-13-8-12-50(39-51)52-14-9-26-79(42-52)61(83)44-80(67(86)87-68(2,3)4)43-53-17-20-55(70)40-58(53)71/h8,12-13,15-20,39-40,45-48,52,56-57,60,82H,5-7,9-11,14,21-38,41-44H2,1-4H3/t46-,52?,56-,57-,60-/m1/s1. The zero-order valence-corrected chi connectivity index (χ0v) is 52.3. The van der Waals surface area contributed by atoms with Crippen LogP contribution in [0.5, 0.6) is 0 Å². The zero-order chi connectivity index (χ0) is 61.4. The molecule has 1 aromatic heterocycles. The van der Waals surface area contributed by atoms with Crippen molar-refractivity contribution < 1.29 is 42.6 Å². The number of Topliss-reactive ketones (excluding diaryl/α,β-unsaturated/α-hetero) is 1. The maximum atomic E-state index is 14.8. The normalized spacial score (nSPS) is 21.8. The molecular weight excluding hydrogens is 1130 g/mol. The molecule has 470 valence electrons. The van der Waals surface area contributed by atoms with E-state index in [0.29, 0.717) is 88.1 Å². The van der Waals surface area contributed by atoms with Gasteiger partial charge in [-0.3, -0.25) is 29.0 Å². The molecular formula is C68H90ClF2N9O7. The molecule has 5 atom stereocenters. The monoisotopic (exact) mass is 1220 g/mol. The van der Waals surface area contributed by atoms with Gasteiger partial charge in [-0.1, -0.05) is 74.2 Å². The predicted molar refractivity (Wildman–Crippen MR) is 331 cm³/mol. The van der Waals surface area contributed by atoms with Crippen molar-refractivity contribution in [2.45, 2.75) is 147 Å². The van der Waals surface area contributed by atoms with Crippen molar-refractivity contribution in [1.82, 2.24) is 39.4 Å². The van der Waals surface area contributed by atoms with Crippen molar-refractivity contribution in [3.63, 3.8) is 0 Å². The number of likely N-dealkylation sites (tertiary alicyclic amines) is 2. The third-order valence-corrected chi connectivity index (χ3v) is 19.7. The first-order valence-corrected chi connectivity index (χ1v) is 32.6. The van der Waals surface area contributed by atoms with Gasteiger partial charge in [-0.15, -0.1) is 0 Å². The second-order valence-corrected chi connectivity index (χ2v) is 27.0. The van der Waals surface area contributed by atoms with Crippen LogP contribution in [0.3, 0.4) is 0 Å². The number of carbonyl (C=O) groups is 5. The smallest absolute Gasteiger partial charge is 0.411 e. The van der Waals surface area contributed by atoms with Crippen LogP contribution in [0.2, 0.25) is 5.02 Å². The van der Waals surface area contributed by atoms with Crippen LogP contribution < -0.4 is 4.90 Å². The van der Waals surface area contributed by atoms with Crippen molar-refractivity contribution in [1.29, 1.82) is 0 Å². The number of carbonyl (C=O) groups excluding carboxylic acids is 5. The molecule has 4 amide bonds. The van der Waals surface area contributed by atoms with Gasteiger partial charge in [0.1, 0.15) is 35.9 Å². The predicted octanol–water partition coefficient (Wildman–Crippen LogP) is 10.6. The molecule has 4 aromatic rings. The van der Waals surface area contributed by atoms with Crippen molar-refractivity contribution in [3.05, 3.63) is 123 Å². The molecule has 0 bridgehead atoms. The molecule has 16 nitrogen and oxygen atoms in total. The number of piperidine rings is 2. The number of aromatic nitrogens is 2.